The Morgan fingerprint density at radius 1 is 1.00 bits per heavy atom. The van der Waals surface area contributed by atoms with E-state index in [-0.39, 0.29) is 11.6 Å². The van der Waals surface area contributed by atoms with E-state index in [0.29, 0.717) is 11.3 Å². The van der Waals surface area contributed by atoms with Gasteiger partial charge in [-0.15, -0.1) is 0 Å². The Kier molecular flexibility index (Phi) is 7.63. The van der Waals surface area contributed by atoms with Gasteiger partial charge in [0.25, 0.3) is 0 Å². The smallest absolute Gasteiger partial charge is 0.185 e. The van der Waals surface area contributed by atoms with Crippen molar-refractivity contribution in [2.45, 2.75) is 20.8 Å². The number of ketones is 1. The zero-order valence-corrected chi connectivity index (χ0v) is 18.3. The molecule has 0 spiro atoms. The average molecular weight is 410 g/mol. The van der Waals surface area contributed by atoms with E-state index in [1.54, 1.807) is 18.2 Å². The van der Waals surface area contributed by atoms with Gasteiger partial charge in [-0.2, -0.15) is 0 Å². The van der Waals surface area contributed by atoms with Crippen molar-refractivity contribution in [1.29, 1.82) is 0 Å². The third-order valence-electron chi connectivity index (χ3n) is 5.84. The number of halogens is 1. The van der Waals surface area contributed by atoms with Crippen LogP contribution in [-0.2, 0) is 0 Å². The maximum atomic E-state index is 14.7. The van der Waals surface area contributed by atoms with Gasteiger partial charge in [0.15, 0.2) is 5.78 Å². The third-order valence-corrected chi connectivity index (χ3v) is 5.84. The molecular formula is C25H32FN3O. The molecule has 0 N–H and O–H groups in total. The largest absolute Gasteiger partial charge is 0.372 e. The number of benzene rings is 2. The lowest BCUT2D eigenvalue weighted by atomic mass is 10.1. The van der Waals surface area contributed by atoms with E-state index in [4.69, 9.17) is 0 Å². The summed E-state index contributed by atoms with van der Waals surface area (Å²) in [5.74, 6) is -0.521. The molecule has 1 fully saturated rings. The second kappa shape index (κ2) is 10.4. The first-order valence-electron chi connectivity index (χ1n) is 10.9. The molecule has 1 aliphatic heterocycles. The molecule has 0 aromatic heterocycles. The van der Waals surface area contributed by atoms with Crippen molar-refractivity contribution in [3.8, 4) is 0 Å². The minimum atomic E-state index is -0.331. The summed E-state index contributed by atoms with van der Waals surface area (Å²) < 4.78 is 14.7. The van der Waals surface area contributed by atoms with Crippen LogP contribution in [0.2, 0.25) is 0 Å². The number of carbonyl (C=O) groups excluding carboxylic acids is 1. The Morgan fingerprint density at radius 3 is 2.23 bits per heavy atom. The minimum absolute atomic E-state index is 0.191. The lowest BCUT2D eigenvalue weighted by Crippen LogP contribution is -2.46. The Hall–Kier alpha value is -2.66. The SMILES string of the molecule is CCN1CCN(c2ccc(C(=O)/C=C/c3ccc(N(CC)CC)cc3)cc2F)CC1. The highest BCUT2D eigenvalue weighted by molar-refractivity contribution is 6.07. The number of hydrogen-bond acceptors (Lipinski definition) is 4. The van der Waals surface area contributed by atoms with Gasteiger partial charge in [-0.1, -0.05) is 25.1 Å². The number of nitrogens with zero attached hydrogens (tertiary/aromatic N) is 3. The van der Waals surface area contributed by atoms with Crippen LogP contribution >= 0.6 is 0 Å². The zero-order valence-electron chi connectivity index (χ0n) is 18.3. The molecule has 30 heavy (non-hydrogen) atoms. The summed E-state index contributed by atoms with van der Waals surface area (Å²) in [5, 5.41) is 0. The summed E-state index contributed by atoms with van der Waals surface area (Å²) in [6.45, 7) is 12.8. The topological polar surface area (TPSA) is 26.8 Å². The van der Waals surface area contributed by atoms with Gasteiger partial charge in [0.05, 0.1) is 5.69 Å². The molecule has 0 bridgehead atoms. The predicted molar refractivity (Wildman–Crippen MR) is 124 cm³/mol. The van der Waals surface area contributed by atoms with E-state index >= 15 is 0 Å². The number of piperazine rings is 1. The third kappa shape index (κ3) is 5.28. The maximum absolute atomic E-state index is 14.7. The van der Waals surface area contributed by atoms with Crippen LogP contribution < -0.4 is 9.80 Å². The molecule has 1 saturated heterocycles. The van der Waals surface area contributed by atoms with Crippen LogP contribution in [0.1, 0.15) is 36.7 Å². The van der Waals surface area contributed by atoms with Gasteiger partial charge in [-0.25, -0.2) is 4.39 Å². The molecule has 1 aliphatic rings. The van der Waals surface area contributed by atoms with Gasteiger partial charge in [-0.3, -0.25) is 4.79 Å². The van der Waals surface area contributed by atoms with Crippen LogP contribution in [0.3, 0.4) is 0 Å². The fourth-order valence-corrected chi connectivity index (χ4v) is 3.87. The Morgan fingerprint density at radius 2 is 1.67 bits per heavy atom. The minimum Gasteiger partial charge on any atom is -0.372 e. The normalized spacial score (nSPS) is 15.0. The molecule has 5 heteroatoms. The Bertz CT molecular complexity index is 866. The van der Waals surface area contributed by atoms with Gasteiger partial charge in [0.2, 0.25) is 0 Å². The molecule has 3 rings (SSSR count). The van der Waals surface area contributed by atoms with E-state index in [0.717, 1.165) is 51.4 Å². The quantitative estimate of drug-likeness (QED) is 0.466. The first-order chi connectivity index (χ1) is 14.5. The van der Waals surface area contributed by atoms with E-state index in [1.165, 1.54) is 17.8 Å². The average Bonchev–Trinajstić information content (AvgIpc) is 2.79. The van der Waals surface area contributed by atoms with Gasteiger partial charge in [0, 0.05) is 50.5 Å². The second-order valence-electron chi connectivity index (χ2n) is 7.55. The molecule has 2 aromatic rings. The van der Waals surface area contributed by atoms with E-state index in [9.17, 15) is 9.18 Å². The molecule has 0 radical (unpaired) electrons. The first kappa shape index (κ1) is 22.0. The number of anilines is 2. The maximum Gasteiger partial charge on any atom is 0.185 e. The Balaban J connectivity index is 1.65. The molecule has 4 nitrogen and oxygen atoms in total. The summed E-state index contributed by atoms with van der Waals surface area (Å²) in [6.07, 6.45) is 3.30. The van der Waals surface area contributed by atoms with Gasteiger partial charge >= 0.3 is 0 Å². The van der Waals surface area contributed by atoms with Crippen LogP contribution in [0.5, 0.6) is 0 Å². The number of rotatable bonds is 8. The van der Waals surface area contributed by atoms with E-state index in [2.05, 4.69) is 47.6 Å². The highest BCUT2D eigenvalue weighted by atomic mass is 19.1. The van der Waals surface area contributed by atoms with Crippen molar-refractivity contribution in [3.63, 3.8) is 0 Å². The van der Waals surface area contributed by atoms with E-state index < -0.39 is 0 Å². The number of likely N-dealkylation sites (N-methyl/N-ethyl adjacent to an activating group) is 1. The molecule has 0 unspecified atom stereocenters. The molecule has 1 heterocycles. The summed E-state index contributed by atoms with van der Waals surface area (Å²) in [5.41, 5.74) is 3.07. The van der Waals surface area contributed by atoms with Crippen LogP contribution in [0.15, 0.2) is 48.5 Å². The van der Waals surface area contributed by atoms with Crippen molar-refractivity contribution in [2.24, 2.45) is 0 Å². The standard InChI is InChI=1S/C25H32FN3O/c1-4-27-15-17-29(18-16-27)24-13-10-21(19-23(24)26)25(30)14-9-20-7-11-22(12-8-20)28(5-2)6-3/h7-14,19H,4-6,15-18H2,1-3H3/b14-9+. The van der Waals surface area contributed by atoms with Crippen LogP contribution in [0.4, 0.5) is 15.8 Å². The molecule has 0 saturated carbocycles. The van der Waals surface area contributed by atoms with Crippen molar-refractivity contribution in [2.75, 3.05) is 55.6 Å². The highest BCUT2D eigenvalue weighted by Gasteiger charge is 2.19. The van der Waals surface area contributed by atoms with Gasteiger partial charge in [0.1, 0.15) is 5.82 Å². The van der Waals surface area contributed by atoms with Crippen LogP contribution in [-0.4, -0.2) is 56.5 Å². The fourth-order valence-electron chi connectivity index (χ4n) is 3.87. The lowest BCUT2D eigenvalue weighted by molar-refractivity contribution is 0.104. The van der Waals surface area contributed by atoms with Crippen molar-refractivity contribution >= 4 is 23.2 Å². The molecule has 0 amide bonds. The molecule has 0 aliphatic carbocycles. The van der Waals surface area contributed by atoms with Gasteiger partial charge < -0.3 is 14.7 Å². The highest BCUT2D eigenvalue weighted by Crippen LogP contribution is 2.23. The molecule has 2 aromatic carbocycles. The number of allylic oxidation sites excluding steroid dienone is 1. The Labute approximate surface area is 179 Å². The van der Waals surface area contributed by atoms with E-state index in [1.807, 2.05) is 12.1 Å². The molecule has 0 atom stereocenters. The second-order valence-corrected chi connectivity index (χ2v) is 7.55. The summed E-state index contributed by atoms with van der Waals surface area (Å²) in [6, 6.07) is 12.9. The molecule has 160 valence electrons. The summed E-state index contributed by atoms with van der Waals surface area (Å²) in [4.78, 5) is 19.2. The van der Waals surface area contributed by atoms with Crippen molar-refractivity contribution in [1.82, 2.24) is 4.90 Å². The van der Waals surface area contributed by atoms with Crippen molar-refractivity contribution < 1.29 is 9.18 Å². The number of hydrogen-bond donors (Lipinski definition) is 0. The van der Waals surface area contributed by atoms with Crippen LogP contribution in [0.25, 0.3) is 6.08 Å². The monoisotopic (exact) mass is 409 g/mol. The van der Waals surface area contributed by atoms with Crippen molar-refractivity contribution in [3.05, 3.63) is 65.5 Å². The molecular weight excluding hydrogens is 377 g/mol. The van der Waals surface area contributed by atoms with Crippen LogP contribution in [0, 0.1) is 5.82 Å². The lowest BCUT2D eigenvalue weighted by Gasteiger charge is -2.35. The summed E-state index contributed by atoms with van der Waals surface area (Å²) >= 11 is 0. The number of carbonyl (C=O) groups is 1. The predicted octanol–water partition coefficient (Wildman–Crippen LogP) is 4.71. The zero-order chi connectivity index (χ0) is 21.5. The fraction of sp³-hybridized carbons (Fsp3) is 0.400. The first-order valence-corrected chi connectivity index (χ1v) is 10.9. The van der Waals surface area contributed by atoms with Gasteiger partial charge in [-0.05, 0) is 62.4 Å². The summed E-state index contributed by atoms with van der Waals surface area (Å²) in [7, 11) is 0.